The van der Waals surface area contributed by atoms with E-state index in [-0.39, 0.29) is 16.9 Å². The summed E-state index contributed by atoms with van der Waals surface area (Å²) in [5.41, 5.74) is 1.77. The highest BCUT2D eigenvalue weighted by molar-refractivity contribution is 5.96. The molecule has 0 radical (unpaired) electrons. The van der Waals surface area contributed by atoms with E-state index in [0.29, 0.717) is 24.6 Å². The van der Waals surface area contributed by atoms with E-state index in [9.17, 15) is 14.4 Å². The average molecular weight is 396 g/mol. The second-order valence-corrected chi connectivity index (χ2v) is 7.85. The van der Waals surface area contributed by atoms with Crippen molar-refractivity contribution >= 4 is 16.9 Å². The highest BCUT2D eigenvalue weighted by Crippen LogP contribution is 2.24. The molecule has 1 aliphatic heterocycles. The normalized spacial score (nSPS) is 13.9. The minimum absolute atomic E-state index is 0.197. The van der Waals surface area contributed by atoms with Crippen LogP contribution in [0.4, 0.5) is 0 Å². The van der Waals surface area contributed by atoms with Crippen molar-refractivity contribution in [1.29, 1.82) is 0 Å². The molecule has 1 aliphatic rings. The van der Waals surface area contributed by atoms with Crippen LogP contribution in [0, 0.1) is 0 Å². The van der Waals surface area contributed by atoms with Gasteiger partial charge in [0.1, 0.15) is 11.5 Å². The fourth-order valence-electron chi connectivity index (χ4n) is 4.00. The highest BCUT2D eigenvalue weighted by Gasteiger charge is 2.27. The quantitative estimate of drug-likeness (QED) is 0.635. The van der Waals surface area contributed by atoms with E-state index in [1.54, 1.807) is 11.9 Å². The van der Waals surface area contributed by atoms with Gasteiger partial charge < -0.3 is 9.47 Å². The van der Waals surface area contributed by atoms with Crippen LogP contribution < -0.4 is 11.2 Å². The molecule has 0 saturated carbocycles. The number of imidazole rings is 1. The van der Waals surface area contributed by atoms with E-state index in [2.05, 4.69) is 23.4 Å². The van der Waals surface area contributed by atoms with Gasteiger partial charge in [0.25, 0.3) is 11.5 Å². The Hall–Kier alpha value is -3.23. The minimum atomic E-state index is -0.461. The second-order valence-electron chi connectivity index (χ2n) is 7.85. The lowest BCUT2D eigenvalue weighted by Crippen LogP contribution is -2.38. The van der Waals surface area contributed by atoms with E-state index >= 15 is 0 Å². The first kappa shape index (κ1) is 19.1. The van der Waals surface area contributed by atoms with E-state index < -0.39 is 11.2 Å². The number of carbonyl (C=O) groups excluding carboxylic acids is 1. The lowest BCUT2D eigenvalue weighted by atomic mass is 10.1. The molecular weight excluding hydrogens is 372 g/mol. The lowest BCUT2D eigenvalue weighted by molar-refractivity contribution is 0.0731. The third kappa shape index (κ3) is 2.88. The van der Waals surface area contributed by atoms with Crippen molar-refractivity contribution in [3.05, 3.63) is 55.9 Å². The summed E-state index contributed by atoms with van der Waals surface area (Å²) < 4.78 is 4.45. The number of nitrogens with zero attached hydrogens (tertiary/aromatic N) is 6. The largest absolute Gasteiger partial charge is 0.334 e. The zero-order valence-corrected chi connectivity index (χ0v) is 17.3. The fraction of sp³-hybridized carbons (Fsp3) is 0.450. The molecule has 0 atom stereocenters. The number of hydrogen-bond donors (Lipinski definition) is 0. The Kier molecular flexibility index (Phi) is 4.40. The first-order chi connectivity index (χ1) is 13.7. The van der Waals surface area contributed by atoms with Gasteiger partial charge in [-0.05, 0) is 6.07 Å². The van der Waals surface area contributed by atoms with Gasteiger partial charge in [-0.2, -0.15) is 0 Å². The van der Waals surface area contributed by atoms with E-state index in [1.807, 2.05) is 7.05 Å². The Labute approximate surface area is 167 Å². The molecule has 0 N–H and O–H groups in total. The van der Waals surface area contributed by atoms with E-state index in [4.69, 9.17) is 4.98 Å². The fourth-order valence-corrected chi connectivity index (χ4v) is 4.00. The van der Waals surface area contributed by atoms with Crippen LogP contribution in [0.5, 0.6) is 0 Å². The van der Waals surface area contributed by atoms with Gasteiger partial charge in [0.2, 0.25) is 0 Å². The Morgan fingerprint density at radius 3 is 2.52 bits per heavy atom. The number of amides is 1. The molecule has 0 unspecified atom stereocenters. The van der Waals surface area contributed by atoms with E-state index in [1.165, 1.54) is 29.6 Å². The van der Waals surface area contributed by atoms with Crippen LogP contribution in [-0.4, -0.2) is 41.0 Å². The average Bonchev–Trinajstić information content (AvgIpc) is 3.06. The predicted octanol–water partition coefficient (Wildman–Crippen LogP) is 0.688. The van der Waals surface area contributed by atoms with Crippen molar-refractivity contribution < 1.29 is 4.79 Å². The zero-order chi connectivity index (χ0) is 21.0. The van der Waals surface area contributed by atoms with Crippen molar-refractivity contribution in [2.24, 2.45) is 21.1 Å². The molecule has 0 saturated heterocycles. The number of rotatable bonds is 2. The predicted molar refractivity (Wildman–Crippen MR) is 108 cm³/mol. The number of aryl methyl sites for hydroxylation is 1. The second kappa shape index (κ2) is 6.68. The van der Waals surface area contributed by atoms with Crippen molar-refractivity contribution in [3.63, 3.8) is 0 Å². The molecule has 3 aromatic heterocycles. The first-order valence-corrected chi connectivity index (χ1v) is 9.60. The van der Waals surface area contributed by atoms with Crippen LogP contribution in [-0.2, 0) is 34.1 Å². The zero-order valence-electron chi connectivity index (χ0n) is 17.3. The van der Waals surface area contributed by atoms with Crippen molar-refractivity contribution in [2.45, 2.75) is 32.7 Å². The number of hydrogen-bond acceptors (Lipinski definition) is 5. The van der Waals surface area contributed by atoms with Crippen LogP contribution >= 0.6 is 0 Å². The maximum atomic E-state index is 13.1. The Morgan fingerprint density at radius 2 is 1.83 bits per heavy atom. The summed E-state index contributed by atoms with van der Waals surface area (Å²) in [7, 11) is 4.99. The Balaban J connectivity index is 1.70. The van der Waals surface area contributed by atoms with Gasteiger partial charge in [0.05, 0.1) is 23.2 Å². The van der Waals surface area contributed by atoms with Gasteiger partial charge in [-0.3, -0.25) is 18.7 Å². The third-order valence-corrected chi connectivity index (χ3v) is 5.63. The van der Waals surface area contributed by atoms with Gasteiger partial charge in [-0.1, -0.05) is 13.8 Å². The lowest BCUT2D eigenvalue weighted by Gasteiger charge is -2.27. The van der Waals surface area contributed by atoms with Crippen molar-refractivity contribution in [1.82, 2.24) is 28.6 Å². The Morgan fingerprint density at radius 1 is 1.10 bits per heavy atom. The third-order valence-electron chi connectivity index (χ3n) is 5.63. The van der Waals surface area contributed by atoms with Crippen LogP contribution in [0.2, 0.25) is 0 Å². The number of pyridine rings is 1. The van der Waals surface area contributed by atoms with Crippen LogP contribution in [0.1, 0.15) is 47.3 Å². The first-order valence-electron chi connectivity index (χ1n) is 9.60. The molecular formula is C20H24N6O3. The Bertz CT molecular complexity index is 1260. The molecule has 4 rings (SSSR count). The molecule has 0 aromatic carbocycles. The summed E-state index contributed by atoms with van der Waals surface area (Å²) in [5.74, 6) is 1.13. The molecule has 0 bridgehead atoms. The molecule has 29 heavy (non-hydrogen) atoms. The monoisotopic (exact) mass is 396 g/mol. The van der Waals surface area contributed by atoms with Gasteiger partial charge in [0, 0.05) is 51.9 Å². The number of aromatic nitrogens is 5. The molecule has 152 valence electrons. The summed E-state index contributed by atoms with van der Waals surface area (Å²) in [6, 6.07) is 1.53. The van der Waals surface area contributed by atoms with Gasteiger partial charge in [0.15, 0.2) is 0 Å². The summed E-state index contributed by atoms with van der Waals surface area (Å²) in [4.78, 5) is 48.4. The van der Waals surface area contributed by atoms with Crippen LogP contribution in [0.25, 0.3) is 11.0 Å². The molecule has 9 heteroatoms. The molecule has 0 fully saturated rings. The maximum Gasteiger partial charge on any atom is 0.332 e. The standard InChI is InChI=1S/C20H24N6O3/c1-11(2)16-22-14-10-26(7-6-15(14)23(16)3)18(27)12-8-13-17(21-9-12)24(4)20(29)25(5)19(13)28/h8-9,11H,6-7,10H2,1-5H3. The smallest absolute Gasteiger partial charge is 0.332 e. The van der Waals surface area contributed by atoms with E-state index in [0.717, 1.165) is 22.5 Å². The van der Waals surface area contributed by atoms with Crippen LogP contribution in [0.3, 0.4) is 0 Å². The molecule has 0 spiro atoms. The molecule has 9 nitrogen and oxygen atoms in total. The summed E-state index contributed by atoms with van der Waals surface area (Å²) >= 11 is 0. The molecule has 1 amide bonds. The molecule has 4 heterocycles. The number of fused-ring (bicyclic) bond motifs is 2. The molecule has 0 aliphatic carbocycles. The maximum absolute atomic E-state index is 13.1. The highest BCUT2D eigenvalue weighted by atomic mass is 16.2. The van der Waals surface area contributed by atoms with Gasteiger partial charge in [-0.25, -0.2) is 14.8 Å². The van der Waals surface area contributed by atoms with Gasteiger partial charge in [-0.15, -0.1) is 0 Å². The summed E-state index contributed by atoms with van der Waals surface area (Å²) in [6.07, 6.45) is 2.16. The number of carbonyl (C=O) groups is 1. The molecule has 3 aromatic rings. The SMILES string of the molecule is CC(C)c1nc2c(n1C)CCN(C(=O)c1cnc3c(c1)c(=O)n(C)c(=O)n3C)C2. The summed E-state index contributed by atoms with van der Waals surface area (Å²) in [5, 5.41) is 0.248. The topological polar surface area (TPSA) is 95.0 Å². The van der Waals surface area contributed by atoms with Crippen molar-refractivity contribution in [3.8, 4) is 0 Å². The van der Waals surface area contributed by atoms with Crippen molar-refractivity contribution in [2.75, 3.05) is 6.54 Å². The summed E-state index contributed by atoms with van der Waals surface area (Å²) in [6.45, 7) is 5.21. The van der Waals surface area contributed by atoms with Crippen LogP contribution in [0.15, 0.2) is 21.9 Å². The minimum Gasteiger partial charge on any atom is -0.334 e. The van der Waals surface area contributed by atoms with Gasteiger partial charge >= 0.3 is 5.69 Å².